The summed E-state index contributed by atoms with van der Waals surface area (Å²) >= 11 is 0. The summed E-state index contributed by atoms with van der Waals surface area (Å²) in [5.41, 5.74) is 8.77. The number of anilines is 1. The van der Waals surface area contributed by atoms with Crippen molar-refractivity contribution >= 4 is 11.6 Å². The van der Waals surface area contributed by atoms with Crippen LogP contribution in [0, 0.1) is 6.92 Å². The third-order valence-electron chi connectivity index (χ3n) is 2.80. The van der Waals surface area contributed by atoms with Crippen LogP contribution in [0.15, 0.2) is 42.6 Å². The summed E-state index contributed by atoms with van der Waals surface area (Å²) in [6, 6.07) is 11.8. The van der Waals surface area contributed by atoms with Crippen LogP contribution in [0.25, 0.3) is 17.0 Å². The summed E-state index contributed by atoms with van der Waals surface area (Å²) in [5, 5.41) is 0. The molecule has 0 saturated carbocycles. The quantitative estimate of drug-likeness (QED) is 0.690. The van der Waals surface area contributed by atoms with Crippen molar-refractivity contribution < 1.29 is 0 Å². The van der Waals surface area contributed by atoms with E-state index in [4.69, 9.17) is 5.73 Å². The Bertz CT molecular complexity index is 670. The van der Waals surface area contributed by atoms with Crippen molar-refractivity contribution in [1.82, 2.24) is 14.4 Å². The fourth-order valence-corrected chi connectivity index (χ4v) is 1.93. The zero-order valence-electron chi connectivity index (χ0n) is 9.46. The van der Waals surface area contributed by atoms with Crippen LogP contribution in [-0.2, 0) is 0 Å². The van der Waals surface area contributed by atoms with Gasteiger partial charge >= 0.3 is 0 Å². The van der Waals surface area contributed by atoms with Gasteiger partial charge in [-0.05, 0) is 13.0 Å². The molecule has 0 aliphatic heterocycles. The Morgan fingerprint density at radius 1 is 1.06 bits per heavy atom. The highest BCUT2D eigenvalue weighted by molar-refractivity contribution is 5.65. The molecular weight excluding hydrogens is 212 g/mol. The predicted octanol–water partition coefficient (Wildman–Crippen LogP) is 2.29. The molecule has 17 heavy (non-hydrogen) atoms. The van der Waals surface area contributed by atoms with Gasteiger partial charge in [-0.2, -0.15) is 4.98 Å². The predicted molar refractivity (Wildman–Crippen MR) is 67.6 cm³/mol. The lowest BCUT2D eigenvalue weighted by Crippen LogP contribution is -1.94. The fraction of sp³-hybridized carbons (Fsp3) is 0.0769. The normalized spacial score (nSPS) is 10.9. The van der Waals surface area contributed by atoms with Gasteiger partial charge in [0.15, 0.2) is 0 Å². The van der Waals surface area contributed by atoms with Crippen LogP contribution in [0.2, 0.25) is 0 Å². The van der Waals surface area contributed by atoms with Crippen molar-refractivity contribution in [3.05, 3.63) is 48.3 Å². The van der Waals surface area contributed by atoms with Crippen molar-refractivity contribution in [1.29, 1.82) is 0 Å². The van der Waals surface area contributed by atoms with Crippen LogP contribution in [0.1, 0.15) is 5.69 Å². The van der Waals surface area contributed by atoms with Gasteiger partial charge < -0.3 is 5.73 Å². The fourth-order valence-electron chi connectivity index (χ4n) is 1.93. The second-order valence-corrected chi connectivity index (χ2v) is 3.93. The summed E-state index contributed by atoms with van der Waals surface area (Å²) in [4.78, 5) is 8.73. The first-order valence-electron chi connectivity index (χ1n) is 5.42. The van der Waals surface area contributed by atoms with Crippen LogP contribution < -0.4 is 5.73 Å². The van der Waals surface area contributed by atoms with Gasteiger partial charge in [0.25, 0.3) is 0 Å². The second-order valence-electron chi connectivity index (χ2n) is 3.93. The van der Waals surface area contributed by atoms with Gasteiger partial charge in [0, 0.05) is 17.5 Å². The topological polar surface area (TPSA) is 56.2 Å². The second kappa shape index (κ2) is 3.59. The van der Waals surface area contributed by atoms with E-state index in [1.165, 1.54) is 0 Å². The number of nitrogens with two attached hydrogens (primary N) is 1. The van der Waals surface area contributed by atoms with E-state index in [1.54, 1.807) is 6.07 Å². The smallest absolute Gasteiger partial charge is 0.236 e. The molecule has 0 radical (unpaired) electrons. The number of aromatic nitrogens is 3. The van der Waals surface area contributed by atoms with E-state index in [2.05, 4.69) is 9.97 Å². The molecule has 1 aromatic carbocycles. The summed E-state index contributed by atoms with van der Waals surface area (Å²) in [7, 11) is 0. The highest BCUT2D eigenvalue weighted by atomic mass is 15.1. The highest BCUT2D eigenvalue weighted by Gasteiger charge is 2.10. The van der Waals surface area contributed by atoms with Crippen LogP contribution in [0.4, 0.5) is 5.82 Å². The monoisotopic (exact) mass is 224 g/mol. The minimum absolute atomic E-state index is 0.488. The first-order chi connectivity index (χ1) is 8.25. The summed E-state index contributed by atoms with van der Waals surface area (Å²) < 4.78 is 1.94. The molecule has 0 aliphatic rings. The molecule has 0 bridgehead atoms. The Morgan fingerprint density at radius 3 is 2.59 bits per heavy atom. The number of aryl methyl sites for hydroxylation is 1. The standard InChI is InChI=1S/C13H12N4/c1-9-12(10-5-3-2-4-6-10)16-13-15-11(14)7-8-17(9)13/h2-8H,1H3,(H2,14,15,16). The highest BCUT2D eigenvalue weighted by Crippen LogP contribution is 2.22. The minimum Gasteiger partial charge on any atom is -0.384 e. The Morgan fingerprint density at radius 2 is 1.82 bits per heavy atom. The van der Waals surface area contributed by atoms with Gasteiger partial charge in [0.1, 0.15) is 5.82 Å². The van der Waals surface area contributed by atoms with Crippen molar-refractivity contribution in [2.24, 2.45) is 0 Å². The maximum absolute atomic E-state index is 5.66. The molecule has 0 atom stereocenters. The van der Waals surface area contributed by atoms with Crippen molar-refractivity contribution in [3.8, 4) is 11.3 Å². The maximum Gasteiger partial charge on any atom is 0.236 e. The zero-order chi connectivity index (χ0) is 11.8. The Hall–Kier alpha value is -2.36. The third-order valence-corrected chi connectivity index (χ3v) is 2.80. The van der Waals surface area contributed by atoms with Gasteiger partial charge in [-0.15, -0.1) is 0 Å². The van der Waals surface area contributed by atoms with Gasteiger partial charge in [-0.3, -0.25) is 4.40 Å². The van der Waals surface area contributed by atoms with Gasteiger partial charge in [-0.1, -0.05) is 30.3 Å². The van der Waals surface area contributed by atoms with Crippen LogP contribution in [0.3, 0.4) is 0 Å². The SMILES string of the molecule is Cc1c(-c2ccccc2)nc2nc(N)ccn12. The summed E-state index contributed by atoms with van der Waals surface area (Å²) in [6.07, 6.45) is 1.90. The first kappa shape index (κ1) is 9.84. The molecular formula is C13H12N4. The molecule has 0 saturated heterocycles. The molecule has 3 aromatic rings. The van der Waals surface area contributed by atoms with E-state index in [9.17, 15) is 0 Å². The molecule has 3 rings (SSSR count). The lowest BCUT2D eigenvalue weighted by molar-refractivity contribution is 1.07. The molecule has 0 amide bonds. The molecule has 0 aliphatic carbocycles. The van der Waals surface area contributed by atoms with Crippen molar-refractivity contribution in [2.75, 3.05) is 5.73 Å². The molecule has 2 aromatic heterocycles. The molecule has 0 unspecified atom stereocenters. The number of benzene rings is 1. The van der Waals surface area contributed by atoms with E-state index >= 15 is 0 Å². The number of nitrogens with zero attached hydrogens (tertiary/aromatic N) is 3. The van der Waals surface area contributed by atoms with Crippen LogP contribution >= 0.6 is 0 Å². The summed E-state index contributed by atoms with van der Waals surface area (Å²) in [6.45, 7) is 2.03. The molecule has 2 heterocycles. The summed E-state index contributed by atoms with van der Waals surface area (Å²) in [5.74, 6) is 1.13. The molecule has 0 fully saturated rings. The average Bonchev–Trinajstić information content (AvgIpc) is 2.67. The van der Waals surface area contributed by atoms with Crippen molar-refractivity contribution in [2.45, 2.75) is 6.92 Å². The number of rotatable bonds is 1. The number of hydrogen-bond donors (Lipinski definition) is 1. The number of hydrogen-bond acceptors (Lipinski definition) is 3. The van der Waals surface area contributed by atoms with E-state index in [1.807, 2.05) is 47.9 Å². The van der Waals surface area contributed by atoms with Gasteiger partial charge in [0.05, 0.1) is 5.69 Å². The largest absolute Gasteiger partial charge is 0.384 e. The Labute approximate surface area is 98.8 Å². The lowest BCUT2D eigenvalue weighted by Gasteiger charge is -1.98. The molecule has 2 N–H and O–H groups in total. The lowest BCUT2D eigenvalue weighted by atomic mass is 10.1. The number of imidazole rings is 1. The Balaban J connectivity index is 2.28. The van der Waals surface area contributed by atoms with E-state index in [0.717, 1.165) is 17.0 Å². The third kappa shape index (κ3) is 1.54. The van der Waals surface area contributed by atoms with E-state index < -0.39 is 0 Å². The Kier molecular flexibility index (Phi) is 2.08. The van der Waals surface area contributed by atoms with Crippen LogP contribution in [0.5, 0.6) is 0 Å². The number of fused-ring (bicyclic) bond motifs is 1. The maximum atomic E-state index is 5.66. The van der Waals surface area contributed by atoms with Crippen molar-refractivity contribution in [3.63, 3.8) is 0 Å². The molecule has 0 spiro atoms. The molecule has 4 nitrogen and oxygen atoms in total. The molecule has 84 valence electrons. The number of nitrogen functional groups attached to an aromatic ring is 1. The van der Waals surface area contributed by atoms with Crippen LogP contribution in [-0.4, -0.2) is 14.4 Å². The average molecular weight is 224 g/mol. The van der Waals surface area contributed by atoms with E-state index in [0.29, 0.717) is 11.6 Å². The van der Waals surface area contributed by atoms with Gasteiger partial charge in [-0.25, -0.2) is 4.98 Å². The molecule has 4 heteroatoms. The first-order valence-corrected chi connectivity index (χ1v) is 5.42. The zero-order valence-corrected chi connectivity index (χ0v) is 9.46. The van der Waals surface area contributed by atoms with Gasteiger partial charge in [0.2, 0.25) is 5.78 Å². The minimum atomic E-state index is 0.488. The van der Waals surface area contributed by atoms with E-state index in [-0.39, 0.29) is 0 Å².